The standard InChI is InChI=1S/C16H14N4O2S/c1-9(21)18-16-20-13-8-7-12(19-15(13)23-16)10-3-5-11(6-4-10)14(22)17-2/h3-8H,1-2H3,(H,17,22)(H,18,20,21). The van der Waals surface area contributed by atoms with Crippen LogP contribution in [0.25, 0.3) is 21.6 Å². The van der Waals surface area contributed by atoms with Gasteiger partial charge in [-0.1, -0.05) is 23.5 Å². The molecule has 1 aromatic carbocycles. The highest BCUT2D eigenvalue weighted by Crippen LogP contribution is 2.27. The van der Waals surface area contributed by atoms with Crippen LogP contribution in [0.3, 0.4) is 0 Å². The minimum absolute atomic E-state index is 0.123. The lowest BCUT2D eigenvalue weighted by atomic mass is 10.1. The quantitative estimate of drug-likeness (QED) is 0.775. The molecule has 3 aromatic rings. The van der Waals surface area contributed by atoms with E-state index >= 15 is 0 Å². The van der Waals surface area contributed by atoms with Gasteiger partial charge in [-0.3, -0.25) is 9.59 Å². The number of benzene rings is 1. The van der Waals surface area contributed by atoms with Gasteiger partial charge in [0.05, 0.1) is 5.69 Å². The van der Waals surface area contributed by atoms with Crippen LogP contribution in [0.1, 0.15) is 17.3 Å². The number of anilines is 1. The lowest BCUT2D eigenvalue weighted by Crippen LogP contribution is -2.17. The molecule has 3 rings (SSSR count). The third-order valence-electron chi connectivity index (χ3n) is 3.21. The largest absolute Gasteiger partial charge is 0.355 e. The predicted octanol–water partition coefficient (Wildman–Crippen LogP) is 2.68. The maximum atomic E-state index is 11.6. The first-order valence-corrected chi connectivity index (χ1v) is 7.76. The maximum absolute atomic E-state index is 11.6. The molecule has 0 aliphatic heterocycles. The number of carbonyl (C=O) groups is 2. The minimum atomic E-state index is -0.158. The summed E-state index contributed by atoms with van der Waals surface area (Å²) in [6.07, 6.45) is 0. The summed E-state index contributed by atoms with van der Waals surface area (Å²) in [7, 11) is 1.60. The maximum Gasteiger partial charge on any atom is 0.251 e. The summed E-state index contributed by atoms with van der Waals surface area (Å²) in [6.45, 7) is 1.44. The molecule has 6 nitrogen and oxygen atoms in total. The Labute approximate surface area is 136 Å². The van der Waals surface area contributed by atoms with Gasteiger partial charge in [0.2, 0.25) is 5.91 Å². The Balaban J connectivity index is 1.93. The van der Waals surface area contributed by atoms with Gasteiger partial charge < -0.3 is 10.6 Å². The molecule has 0 atom stereocenters. The van der Waals surface area contributed by atoms with Crippen molar-refractivity contribution >= 4 is 38.6 Å². The van der Waals surface area contributed by atoms with Crippen LogP contribution >= 0.6 is 11.3 Å². The van der Waals surface area contributed by atoms with Gasteiger partial charge >= 0.3 is 0 Å². The van der Waals surface area contributed by atoms with Crippen molar-refractivity contribution in [2.75, 3.05) is 12.4 Å². The lowest BCUT2D eigenvalue weighted by molar-refractivity contribution is -0.114. The predicted molar refractivity (Wildman–Crippen MR) is 90.5 cm³/mol. The number of thiazole rings is 1. The number of hydrogen-bond acceptors (Lipinski definition) is 5. The van der Waals surface area contributed by atoms with Gasteiger partial charge in [0.25, 0.3) is 5.91 Å². The number of carbonyl (C=O) groups excluding carboxylic acids is 2. The van der Waals surface area contributed by atoms with Crippen molar-refractivity contribution in [3.63, 3.8) is 0 Å². The molecule has 7 heteroatoms. The smallest absolute Gasteiger partial charge is 0.251 e. The Morgan fingerprint density at radius 1 is 1.04 bits per heavy atom. The van der Waals surface area contributed by atoms with E-state index < -0.39 is 0 Å². The number of rotatable bonds is 3. The fraction of sp³-hybridized carbons (Fsp3) is 0.125. The molecule has 0 aliphatic rings. The summed E-state index contributed by atoms with van der Waals surface area (Å²) in [5.74, 6) is -0.281. The number of amides is 2. The van der Waals surface area contributed by atoms with E-state index in [1.54, 1.807) is 19.2 Å². The van der Waals surface area contributed by atoms with Gasteiger partial charge in [0.15, 0.2) is 5.13 Å². The van der Waals surface area contributed by atoms with Crippen LogP contribution in [0.2, 0.25) is 0 Å². The molecule has 0 saturated carbocycles. The average molecular weight is 326 g/mol. The van der Waals surface area contributed by atoms with Gasteiger partial charge in [0.1, 0.15) is 10.3 Å². The topological polar surface area (TPSA) is 84.0 Å². The number of fused-ring (bicyclic) bond motifs is 1. The Bertz CT molecular complexity index is 887. The van der Waals surface area contributed by atoms with E-state index in [1.807, 2.05) is 24.3 Å². The normalized spacial score (nSPS) is 10.5. The van der Waals surface area contributed by atoms with Crippen molar-refractivity contribution in [3.05, 3.63) is 42.0 Å². The van der Waals surface area contributed by atoms with Crippen LogP contribution in [-0.2, 0) is 4.79 Å². The molecule has 2 heterocycles. The molecule has 0 radical (unpaired) electrons. The molecule has 2 amide bonds. The first-order valence-electron chi connectivity index (χ1n) is 6.94. The Morgan fingerprint density at radius 3 is 2.43 bits per heavy atom. The zero-order valence-corrected chi connectivity index (χ0v) is 13.4. The Hall–Kier alpha value is -2.80. The van der Waals surface area contributed by atoms with Gasteiger partial charge in [0, 0.05) is 25.1 Å². The number of nitrogens with zero attached hydrogens (tertiary/aromatic N) is 2. The highest BCUT2D eigenvalue weighted by Gasteiger charge is 2.09. The number of aromatic nitrogens is 2. The monoisotopic (exact) mass is 326 g/mol. The van der Waals surface area contributed by atoms with E-state index in [0.29, 0.717) is 10.7 Å². The van der Waals surface area contributed by atoms with Gasteiger partial charge in [-0.15, -0.1) is 0 Å². The van der Waals surface area contributed by atoms with Crippen LogP contribution in [-0.4, -0.2) is 28.8 Å². The van der Waals surface area contributed by atoms with Gasteiger partial charge in [-0.2, -0.15) is 0 Å². The van der Waals surface area contributed by atoms with Crippen LogP contribution in [0.4, 0.5) is 5.13 Å². The second-order valence-electron chi connectivity index (χ2n) is 4.88. The molecule has 2 aromatic heterocycles. The minimum Gasteiger partial charge on any atom is -0.355 e. The van der Waals surface area contributed by atoms with Crippen LogP contribution in [0.5, 0.6) is 0 Å². The van der Waals surface area contributed by atoms with Crippen molar-refractivity contribution in [1.82, 2.24) is 15.3 Å². The van der Waals surface area contributed by atoms with E-state index in [-0.39, 0.29) is 11.8 Å². The van der Waals surface area contributed by atoms with Crippen molar-refractivity contribution in [1.29, 1.82) is 0 Å². The summed E-state index contributed by atoms with van der Waals surface area (Å²) in [4.78, 5) is 32.3. The van der Waals surface area contributed by atoms with Crippen molar-refractivity contribution < 1.29 is 9.59 Å². The Kier molecular flexibility index (Phi) is 4.03. The first kappa shape index (κ1) is 15.1. The van der Waals surface area contributed by atoms with E-state index in [2.05, 4.69) is 20.6 Å². The van der Waals surface area contributed by atoms with Gasteiger partial charge in [-0.05, 0) is 24.3 Å². The average Bonchev–Trinajstić information content (AvgIpc) is 2.94. The summed E-state index contributed by atoms with van der Waals surface area (Å²) >= 11 is 1.33. The molecule has 0 unspecified atom stereocenters. The molecule has 116 valence electrons. The van der Waals surface area contributed by atoms with Crippen molar-refractivity contribution in [3.8, 4) is 11.3 Å². The summed E-state index contributed by atoms with van der Waals surface area (Å²) in [5, 5.41) is 5.79. The third-order valence-corrected chi connectivity index (χ3v) is 4.09. The second-order valence-corrected chi connectivity index (χ2v) is 5.85. The summed E-state index contributed by atoms with van der Waals surface area (Å²) < 4.78 is 0. The zero-order chi connectivity index (χ0) is 16.4. The molecular weight excluding hydrogens is 312 g/mol. The van der Waals surface area contributed by atoms with Crippen molar-refractivity contribution in [2.45, 2.75) is 6.92 Å². The van der Waals surface area contributed by atoms with E-state index in [0.717, 1.165) is 21.6 Å². The summed E-state index contributed by atoms with van der Waals surface area (Å²) in [6, 6.07) is 11.0. The highest BCUT2D eigenvalue weighted by molar-refractivity contribution is 7.21. The van der Waals surface area contributed by atoms with E-state index in [1.165, 1.54) is 18.3 Å². The molecule has 0 spiro atoms. The van der Waals surface area contributed by atoms with Crippen molar-refractivity contribution in [2.24, 2.45) is 0 Å². The van der Waals surface area contributed by atoms with Gasteiger partial charge in [-0.25, -0.2) is 9.97 Å². The van der Waals surface area contributed by atoms with Crippen LogP contribution in [0, 0.1) is 0 Å². The van der Waals surface area contributed by atoms with Crippen LogP contribution < -0.4 is 10.6 Å². The summed E-state index contributed by atoms with van der Waals surface area (Å²) in [5.41, 5.74) is 3.04. The molecule has 0 bridgehead atoms. The molecular formula is C16H14N4O2S. The third kappa shape index (κ3) is 3.19. The lowest BCUT2D eigenvalue weighted by Gasteiger charge is -2.03. The fourth-order valence-electron chi connectivity index (χ4n) is 2.12. The number of hydrogen-bond donors (Lipinski definition) is 2. The Morgan fingerprint density at radius 2 is 1.78 bits per heavy atom. The van der Waals surface area contributed by atoms with E-state index in [4.69, 9.17) is 0 Å². The highest BCUT2D eigenvalue weighted by atomic mass is 32.1. The number of nitrogens with one attached hydrogen (secondary N) is 2. The SMILES string of the molecule is CNC(=O)c1ccc(-c2ccc3nc(NC(C)=O)sc3n2)cc1. The van der Waals surface area contributed by atoms with Crippen LogP contribution in [0.15, 0.2) is 36.4 Å². The molecule has 0 saturated heterocycles. The molecule has 0 fully saturated rings. The molecule has 23 heavy (non-hydrogen) atoms. The molecule has 0 aliphatic carbocycles. The fourth-order valence-corrected chi connectivity index (χ4v) is 3.00. The second kappa shape index (κ2) is 6.13. The number of pyridine rings is 1. The molecule has 2 N–H and O–H groups in total. The zero-order valence-electron chi connectivity index (χ0n) is 12.6. The first-order chi connectivity index (χ1) is 11.1. The van der Waals surface area contributed by atoms with E-state index in [9.17, 15) is 9.59 Å².